The number of rotatable bonds is 5. The summed E-state index contributed by atoms with van der Waals surface area (Å²) in [7, 11) is 0. The van der Waals surface area contributed by atoms with Gasteiger partial charge in [-0.1, -0.05) is 38.3 Å². The molecule has 1 nitrogen and oxygen atoms in total. The summed E-state index contributed by atoms with van der Waals surface area (Å²) >= 11 is 0. The summed E-state index contributed by atoms with van der Waals surface area (Å²) < 4.78 is 13.3. The molecule has 19 heavy (non-hydrogen) atoms. The van der Waals surface area contributed by atoms with E-state index in [9.17, 15) is 4.39 Å². The predicted molar refractivity (Wildman–Crippen MR) is 78.7 cm³/mol. The highest BCUT2D eigenvalue weighted by Crippen LogP contribution is 2.31. The molecule has 1 saturated carbocycles. The molecule has 0 saturated heterocycles. The Morgan fingerprint density at radius 1 is 1.16 bits per heavy atom. The molecule has 0 amide bonds. The number of hydrogen-bond acceptors (Lipinski definition) is 1. The molecule has 1 fully saturated rings. The first-order chi connectivity index (χ1) is 9.29. The Hall–Kier alpha value is -0.890. The monoisotopic (exact) mass is 263 g/mol. The fourth-order valence-corrected chi connectivity index (χ4v) is 3.30. The molecule has 0 radical (unpaired) electrons. The average molecular weight is 263 g/mol. The van der Waals surface area contributed by atoms with E-state index in [0.29, 0.717) is 5.92 Å². The molecule has 1 aromatic carbocycles. The fourth-order valence-electron chi connectivity index (χ4n) is 3.30. The molecule has 0 aromatic heterocycles. The van der Waals surface area contributed by atoms with Crippen LogP contribution >= 0.6 is 0 Å². The topological polar surface area (TPSA) is 12.0 Å². The molecule has 1 aliphatic carbocycles. The summed E-state index contributed by atoms with van der Waals surface area (Å²) in [5.41, 5.74) is 1.16. The van der Waals surface area contributed by atoms with Crippen LogP contribution in [0.2, 0.25) is 0 Å². The molecule has 2 rings (SSSR count). The molecule has 2 unspecified atom stereocenters. The van der Waals surface area contributed by atoms with Gasteiger partial charge in [-0.25, -0.2) is 4.39 Å². The van der Waals surface area contributed by atoms with Gasteiger partial charge in [0.25, 0.3) is 0 Å². The number of benzene rings is 1. The molecule has 2 heteroatoms. The van der Waals surface area contributed by atoms with Gasteiger partial charge in [-0.05, 0) is 61.9 Å². The van der Waals surface area contributed by atoms with Crippen LogP contribution in [0.4, 0.5) is 4.39 Å². The van der Waals surface area contributed by atoms with Gasteiger partial charge in [0.1, 0.15) is 5.82 Å². The molecule has 0 spiro atoms. The first-order valence-electron chi connectivity index (χ1n) is 7.74. The van der Waals surface area contributed by atoms with Gasteiger partial charge in [0, 0.05) is 0 Å². The predicted octanol–water partition coefficient (Wildman–Crippen LogP) is 4.17. The Kier molecular flexibility index (Phi) is 5.84. The Labute approximate surface area is 116 Å². The maximum atomic E-state index is 13.3. The maximum Gasteiger partial charge on any atom is 0.123 e. The van der Waals surface area contributed by atoms with Gasteiger partial charge in [0.05, 0.1) is 0 Å². The Morgan fingerprint density at radius 3 is 2.68 bits per heavy atom. The largest absolute Gasteiger partial charge is 0.317 e. The molecular weight excluding hydrogens is 237 g/mol. The minimum absolute atomic E-state index is 0.102. The minimum Gasteiger partial charge on any atom is -0.317 e. The van der Waals surface area contributed by atoms with Gasteiger partial charge in [-0.3, -0.25) is 0 Å². The van der Waals surface area contributed by atoms with E-state index in [1.54, 1.807) is 6.07 Å². The quantitative estimate of drug-likeness (QED) is 0.786. The second-order valence-corrected chi connectivity index (χ2v) is 5.80. The molecule has 1 aromatic rings. The Balaban J connectivity index is 2.00. The van der Waals surface area contributed by atoms with Crippen molar-refractivity contribution in [3.63, 3.8) is 0 Å². The van der Waals surface area contributed by atoms with Gasteiger partial charge in [0.15, 0.2) is 0 Å². The molecule has 2 atom stereocenters. The second-order valence-electron chi connectivity index (χ2n) is 5.80. The molecule has 1 N–H and O–H groups in total. The van der Waals surface area contributed by atoms with Crippen LogP contribution in [0.15, 0.2) is 24.3 Å². The Bertz CT molecular complexity index is 377. The third kappa shape index (κ3) is 4.61. The van der Waals surface area contributed by atoms with E-state index >= 15 is 0 Å². The van der Waals surface area contributed by atoms with Crippen LogP contribution in [-0.4, -0.2) is 13.1 Å². The van der Waals surface area contributed by atoms with E-state index in [4.69, 9.17) is 0 Å². The van der Waals surface area contributed by atoms with Crippen LogP contribution < -0.4 is 5.32 Å². The van der Waals surface area contributed by atoms with E-state index in [1.807, 2.05) is 6.07 Å². The second kappa shape index (κ2) is 7.64. The zero-order chi connectivity index (χ0) is 13.5. The summed E-state index contributed by atoms with van der Waals surface area (Å²) in [6.45, 7) is 4.33. The number of nitrogens with one attached hydrogen (secondary N) is 1. The normalized spacial score (nSPS) is 24.1. The molecule has 0 heterocycles. The number of halogens is 1. The summed E-state index contributed by atoms with van der Waals surface area (Å²) in [6.07, 6.45) is 7.72. The van der Waals surface area contributed by atoms with Gasteiger partial charge in [-0.15, -0.1) is 0 Å². The van der Waals surface area contributed by atoms with Gasteiger partial charge < -0.3 is 5.32 Å². The summed E-state index contributed by atoms with van der Waals surface area (Å²) in [5.74, 6) is 1.36. The fraction of sp³-hybridized carbons (Fsp3) is 0.647. The van der Waals surface area contributed by atoms with Crippen LogP contribution in [0.3, 0.4) is 0 Å². The molecule has 0 aliphatic heterocycles. The zero-order valence-corrected chi connectivity index (χ0v) is 12.0. The van der Waals surface area contributed by atoms with Crippen LogP contribution in [0.1, 0.15) is 44.6 Å². The van der Waals surface area contributed by atoms with E-state index in [0.717, 1.165) is 31.0 Å². The Morgan fingerprint density at radius 2 is 1.95 bits per heavy atom. The molecule has 1 aliphatic rings. The van der Waals surface area contributed by atoms with Crippen molar-refractivity contribution in [3.05, 3.63) is 35.6 Å². The van der Waals surface area contributed by atoms with Gasteiger partial charge >= 0.3 is 0 Å². The number of hydrogen-bond donors (Lipinski definition) is 1. The highest BCUT2D eigenvalue weighted by atomic mass is 19.1. The maximum absolute atomic E-state index is 13.3. The zero-order valence-electron chi connectivity index (χ0n) is 12.0. The lowest BCUT2D eigenvalue weighted by molar-refractivity contribution is 0.299. The molecule has 0 bridgehead atoms. The van der Waals surface area contributed by atoms with E-state index in [-0.39, 0.29) is 5.82 Å². The van der Waals surface area contributed by atoms with Crippen molar-refractivity contribution >= 4 is 0 Å². The van der Waals surface area contributed by atoms with Gasteiger partial charge in [0.2, 0.25) is 0 Å². The average Bonchev–Trinajstić information content (AvgIpc) is 2.62. The van der Waals surface area contributed by atoms with Gasteiger partial charge in [-0.2, -0.15) is 0 Å². The third-order valence-corrected chi connectivity index (χ3v) is 4.36. The van der Waals surface area contributed by atoms with Crippen molar-refractivity contribution in [1.82, 2.24) is 5.32 Å². The van der Waals surface area contributed by atoms with E-state index < -0.39 is 0 Å². The third-order valence-electron chi connectivity index (χ3n) is 4.36. The summed E-state index contributed by atoms with van der Waals surface area (Å²) in [5, 5.41) is 3.50. The van der Waals surface area contributed by atoms with Crippen molar-refractivity contribution in [2.24, 2.45) is 11.8 Å². The standard InChI is InChI=1S/C17H26FN/c1-2-19-13-16-9-5-3-4-8-15(16)11-14-7-6-10-17(18)12-14/h6-7,10,12,15-16,19H,2-5,8-9,11,13H2,1H3. The van der Waals surface area contributed by atoms with Crippen molar-refractivity contribution in [2.75, 3.05) is 13.1 Å². The van der Waals surface area contributed by atoms with Crippen molar-refractivity contribution in [1.29, 1.82) is 0 Å². The molecule has 106 valence electrons. The highest BCUT2D eigenvalue weighted by molar-refractivity contribution is 5.17. The minimum atomic E-state index is -0.102. The van der Waals surface area contributed by atoms with Crippen molar-refractivity contribution in [2.45, 2.75) is 45.4 Å². The lowest BCUT2D eigenvalue weighted by Gasteiger charge is -2.25. The van der Waals surface area contributed by atoms with E-state index in [1.165, 1.54) is 38.2 Å². The summed E-state index contributed by atoms with van der Waals surface area (Å²) in [4.78, 5) is 0. The van der Waals surface area contributed by atoms with Crippen LogP contribution in [0.5, 0.6) is 0 Å². The SMILES string of the molecule is CCNCC1CCCCCC1Cc1cccc(F)c1. The molecular formula is C17H26FN. The highest BCUT2D eigenvalue weighted by Gasteiger charge is 2.23. The lowest BCUT2D eigenvalue weighted by atomic mass is 9.83. The smallest absolute Gasteiger partial charge is 0.123 e. The first kappa shape index (κ1) is 14.5. The van der Waals surface area contributed by atoms with Crippen LogP contribution in [0, 0.1) is 17.7 Å². The van der Waals surface area contributed by atoms with Crippen LogP contribution in [0.25, 0.3) is 0 Å². The van der Waals surface area contributed by atoms with E-state index in [2.05, 4.69) is 18.3 Å². The first-order valence-corrected chi connectivity index (χ1v) is 7.74. The van der Waals surface area contributed by atoms with Crippen molar-refractivity contribution in [3.8, 4) is 0 Å². The lowest BCUT2D eigenvalue weighted by Crippen LogP contribution is -2.28. The van der Waals surface area contributed by atoms with Crippen molar-refractivity contribution < 1.29 is 4.39 Å². The summed E-state index contributed by atoms with van der Waals surface area (Å²) in [6, 6.07) is 7.14. The van der Waals surface area contributed by atoms with Crippen LogP contribution in [-0.2, 0) is 6.42 Å².